The minimum atomic E-state index is -0.830. The second kappa shape index (κ2) is 17.7. The topological polar surface area (TPSA) is 97.4 Å². The van der Waals surface area contributed by atoms with Crippen LogP contribution in [0.5, 0.6) is 0 Å². The van der Waals surface area contributed by atoms with Crippen molar-refractivity contribution in [1.29, 1.82) is 0 Å². The van der Waals surface area contributed by atoms with E-state index in [9.17, 15) is 14.7 Å². The zero-order valence-electron chi connectivity index (χ0n) is 29.8. The molecule has 3 fully saturated rings. The Morgan fingerprint density at radius 1 is 0.804 bits per heavy atom. The largest absolute Gasteiger partial charge is 0.448 e. The molecule has 0 aromatic heterocycles. The number of ether oxygens (including phenoxy) is 1. The summed E-state index contributed by atoms with van der Waals surface area (Å²) < 4.78 is 5.55. The Morgan fingerprint density at radius 2 is 1.39 bits per heavy atom. The fourth-order valence-electron chi connectivity index (χ4n) is 8.10. The van der Waals surface area contributed by atoms with E-state index in [0.717, 1.165) is 57.7 Å². The van der Waals surface area contributed by atoms with Gasteiger partial charge in [0.15, 0.2) is 0 Å². The van der Waals surface area contributed by atoms with Crippen molar-refractivity contribution in [2.75, 3.05) is 65.5 Å². The summed E-state index contributed by atoms with van der Waals surface area (Å²) in [4.78, 5) is 32.6. The molecule has 3 N–H and O–H groups in total. The van der Waals surface area contributed by atoms with Gasteiger partial charge in [0, 0.05) is 55.7 Å². The van der Waals surface area contributed by atoms with Crippen LogP contribution in [0.1, 0.15) is 68.1 Å². The first-order valence-corrected chi connectivity index (χ1v) is 19.2. The molecule has 0 bridgehead atoms. The van der Waals surface area contributed by atoms with Crippen LogP contribution in [-0.4, -0.2) is 103 Å². The molecule has 3 amide bonds. The Labute approximate surface area is 308 Å². The molecule has 3 aromatic rings. The molecule has 0 spiro atoms. The van der Waals surface area contributed by atoms with E-state index in [1.807, 2.05) is 36.4 Å². The first-order chi connectivity index (χ1) is 24.8. The molecule has 3 aliphatic heterocycles. The molecule has 0 radical (unpaired) electrons. The Bertz CT molecular complexity index is 1480. The highest BCUT2D eigenvalue weighted by Crippen LogP contribution is 2.38. The van der Waals surface area contributed by atoms with Crippen molar-refractivity contribution in [3.8, 4) is 0 Å². The Kier molecular flexibility index (Phi) is 12.9. The van der Waals surface area contributed by atoms with Crippen LogP contribution in [0.25, 0.3) is 0 Å². The number of carbonyl (C=O) groups is 2. The van der Waals surface area contributed by atoms with E-state index >= 15 is 0 Å². The highest BCUT2D eigenvalue weighted by atomic mass is 35.5. The Balaban J connectivity index is 1.03. The third kappa shape index (κ3) is 9.83. The van der Waals surface area contributed by atoms with Crippen LogP contribution in [0.4, 0.5) is 9.59 Å². The highest BCUT2D eigenvalue weighted by Gasteiger charge is 2.37. The normalized spacial score (nSPS) is 18.7. The predicted octanol–water partition coefficient (Wildman–Crippen LogP) is 6.39. The van der Waals surface area contributed by atoms with Gasteiger partial charge < -0.3 is 30.3 Å². The number of piperidine rings is 2. The van der Waals surface area contributed by atoms with E-state index in [4.69, 9.17) is 16.3 Å². The first-order valence-electron chi connectivity index (χ1n) is 18.8. The van der Waals surface area contributed by atoms with Gasteiger partial charge in [0.1, 0.15) is 6.61 Å². The number of aliphatic hydroxyl groups is 1. The number of nitrogens with one attached hydrogen (secondary N) is 2. The smallest absolute Gasteiger partial charge is 0.409 e. The second-order valence-electron chi connectivity index (χ2n) is 14.5. The number of rotatable bonds is 13. The zero-order chi connectivity index (χ0) is 35.5. The van der Waals surface area contributed by atoms with E-state index in [1.165, 1.54) is 24.0 Å². The fourth-order valence-corrected chi connectivity index (χ4v) is 8.22. The fraction of sp³-hybridized carbons (Fsp3) is 0.512. The van der Waals surface area contributed by atoms with E-state index in [2.05, 4.69) is 69.0 Å². The minimum absolute atomic E-state index is 0.00730. The maximum Gasteiger partial charge on any atom is 0.409 e. The van der Waals surface area contributed by atoms with Crippen molar-refractivity contribution < 1.29 is 19.4 Å². The summed E-state index contributed by atoms with van der Waals surface area (Å²) in [6.07, 6.45) is 6.71. The molecule has 0 aliphatic carbocycles. The molecule has 3 heterocycles. The lowest BCUT2D eigenvalue weighted by atomic mass is 9.71. The number of halogens is 1. The number of carbonyl (C=O) groups excluding carboxylic acids is 2. The maximum absolute atomic E-state index is 13.4. The summed E-state index contributed by atoms with van der Waals surface area (Å²) in [5.74, 6) is 0. The quantitative estimate of drug-likeness (QED) is 0.190. The molecule has 0 atom stereocenters. The molecule has 3 aliphatic rings. The average molecular weight is 716 g/mol. The molecule has 274 valence electrons. The third-order valence-corrected chi connectivity index (χ3v) is 11.5. The van der Waals surface area contributed by atoms with E-state index in [0.29, 0.717) is 56.9 Å². The lowest BCUT2D eigenvalue weighted by Gasteiger charge is -2.40. The summed E-state index contributed by atoms with van der Waals surface area (Å²) in [6, 6.07) is 28.4. The lowest BCUT2D eigenvalue weighted by molar-refractivity contribution is -0.0262. The molecule has 0 unspecified atom stereocenters. The van der Waals surface area contributed by atoms with Gasteiger partial charge in [-0.25, -0.2) is 9.59 Å². The van der Waals surface area contributed by atoms with Gasteiger partial charge in [-0.1, -0.05) is 84.4 Å². The summed E-state index contributed by atoms with van der Waals surface area (Å²) >= 11 is 6.09. The Hall–Kier alpha value is -3.63. The van der Waals surface area contributed by atoms with Gasteiger partial charge in [0.25, 0.3) is 0 Å². The SMILES string of the molecule is O=C(NCC(CCCN1CCC(O)(c2ccc(Cl)cc2)CC1)(c1ccccc1)c1ccccc1)NC1CCN(C(=O)OCCN2CCCC2)CC1. The second-order valence-corrected chi connectivity index (χ2v) is 15.0. The van der Waals surface area contributed by atoms with Crippen LogP contribution in [0.15, 0.2) is 84.9 Å². The summed E-state index contributed by atoms with van der Waals surface area (Å²) in [6.45, 7) is 7.53. The van der Waals surface area contributed by atoms with Crippen LogP contribution >= 0.6 is 11.6 Å². The summed E-state index contributed by atoms with van der Waals surface area (Å²) in [5, 5.41) is 18.5. The van der Waals surface area contributed by atoms with Crippen molar-refractivity contribution >= 4 is 23.7 Å². The summed E-state index contributed by atoms with van der Waals surface area (Å²) in [5.41, 5.74) is 2.01. The van der Waals surface area contributed by atoms with E-state index < -0.39 is 11.0 Å². The van der Waals surface area contributed by atoms with Gasteiger partial charge in [-0.05, 0) is 99.8 Å². The Morgan fingerprint density at radius 3 is 2.00 bits per heavy atom. The average Bonchev–Trinajstić information content (AvgIpc) is 3.69. The van der Waals surface area contributed by atoms with Gasteiger partial charge in [-0.3, -0.25) is 4.90 Å². The van der Waals surface area contributed by atoms with Crippen LogP contribution in [0.2, 0.25) is 5.02 Å². The third-order valence-electron chi connectivity index (χ3n) is 11.3. The monoisotopic (exact) mass is 715 g/mol. The molecule has 0 saturated carbocycles. The molecule has 10 heteroatoms. The molecule has 51 heavy (non-hydrogen) atoms. The van der Waals surface area contributed by atoms with Crippen LogP contribution < -0.4 is 10.6 Å². The number of hydrogen-bond acceptors (Lipinski definition) is 6. The molecule has 6 rings (SSSR count). The molecule has 9 nitrogen and oxygen atoms in total. The highest BCUT2D eigenvalue weighted by molar-refractivity contribution is 6.30. The van der Waals surface area contributed by atoms with Crippen molar-refractivity contribution in [2.24, 2.45) is 0 Å². The summed E-state index contributed by atoms with van der Waals surface area (Å²) in [7, 11) is 0. The van der Waals surface area contributed by atoms with Crippen molar-refractivity contribution in [1.82, 2.24) is 25.3 Å². The van der Waals surface area contributed by atoms with Crippen molar-refractivity contribution in [2.45, 2.75) is 68.4 Å². The van der Waals surface area contributed by atoms with E-state index in [-0.39, 0.29) is 18.2 Å². The van der Waals surface area contributed by atoms with Gasteiger partial charge >= 0.3 is 12.1 Å². The maximum atomic E-state index is 13.4. The van der Waals surface area contributed by atoms with Crippen LogP contribution in [-0.2, 0) is 15.8 Å². The van der Waals surface area contributed by atoms with Crippen molar-refractivity contribution in [3.63, 3.8) is 0 Å². The van der Waals surface area contributed by atoms with Crippen LogP contribution in [0, 0.1) is 0 Å². The van der Waals surface area contributed by atoms with Gasteiger partial charge in [0.05, 0.1) is 5.60 Å². The standard InChI is InChI=1S/C41H54ClN5O4/c42-36-16-14-35(15-17-36)41(50)21-28-46(29-22-41)25-9-20-40(33-10-3-1-4-11-33,34-12-5-2-6-13-34)32-43-38(48)44-37-18-26-47(27-19-37)39(49)51-31-30-45-23-7-8-24-45/h1-6,10-17,37,50H,7-9,18-32H2,(H2,43,44,48). The number of nitrogens with zero attached hydrogens (tertiary/aromatic N) is 3. The number of benzene rings is 3. The predicted molar refractivity (Wildman–Crippen MR) is 202 cm³/mol. The minimum Gasteiger partial charge on any atom is -0.448 e. The first kappa shape index (κ1) is 37.1. The van der Waals surface area contributed by atoms with Crippen LogP contribution in [0.3, 0.4) is 0 Å². The lowest BCUT2D eigenvalue weighted by Crippen LogP contribution is -2.51. The number of amides is 3. The van der Waals surface area contributed by atoms with E-state index in [1.54, 1.807) is 4.90 Å². The zero-order valence-corrected chi connectivity index (χ0v) is 30.5. The van der Waals surface area contributed by atoms with Gasteiger partial charge in [-0.2, -0.15) is 0 Å². The molecule has 3 aromatic carbocycles. The van der Waals surface area contributed by atoms with Crippen molar-refractivity contribution in [3.05, 3.63) is 107 Å². The molecular formula is C41H54ClN5O4. The number of likely N-dealkylation sites (tertiary alicyclic amines) is 3. The number of urea groups is 1. The van der Waals surface area contributed by atoms with Gasteiger partial charge in [0.2, 0.25) is 0 Å². The van der Waals surface area contributed by atoms with Gasteiger partial charge in [-0.15, -0.1) is 0 Å². The number of hydrogen-bond donors (Lipinski definition) is 3. The molecule has 3 saturated heterocycles. The molecular weight excluding hydrogens is 662 g/mol.